The van der Waals surface area contributed by atoms with Crippen molar-refractivity contribution >= 4 is 28.5 Å². The molecule has 76 valence electrons. The van der Waals surface area contributed by atoms with Crippen molar-refractivity contribution in [3.63, 3.8) is 0 Å². The molecule has 5 heteroatoms. The third kappa shape index (κ3) is 2.78. The maximum Gasteiger partial charge on any atom is 0.222 e. The molecule has 1 saturated heterocycles. The van der Waals surface area contributed by atoms with E-state index < -0.39 is 0 Å². The smallest absolute Gasteiger partial charge is 0.222 e. The van der Waals surface area contributed by atoms with E-state index >= 15 is 0 Å². The second-order valence-electron chi connectivity index (χ2n) is 3.34. The van der Waals surface area contributed by atoms with E-state index in [0.29, 0.717) is 11.9 Å². The van der Waals surface area contributed by atoms with Gasteiger partial charge in [-0.3, -0.25) is 0 Å². The first kappa shape index (κ1) is 10.1. The standard InChI is InChI=1S/C9H12IN3O/c10-8-4-12-9(13-5-8)11-3-7-1-2-14-6-7/h4-5,7H,1-3,6H2,(H,11,12,13). The Labute approximate surface area is 96.6 Å². The quantitative estimate of drug-likeness (QED) is 0.860. The number of nitrogens with one attached hydrogen (secondary N) is 1. The predicted molar refractivity (Wildman–Crippen MR) is 62.2 cm³/mol. The van der Waals surface area contributed by atoms with Crippen molar-refractivity contribution in [1.82, 2.24) is 9.97 Å². The van der Waals surface area contributed by atoms with E-state index in [4.69, 9.17) is 4.74 Å². The number of hydrogen-bond donors (Lipinski definition) is 1. The van der Waals surface area contributed by atoms with E-state index in [9.17, 15) is 0 Å². The number of aromatic nitrogens is 2. The van der Waals surface area contributed by atoms with Crippen LogP contribution in [0.1, 0.15) is 6.42 Å². The average Bonchev–Trinajstić information content (AvgIpc) is 2.70. The Hall–Kier alpha value is -0.430. The molecular formula is C9H12IN3O. The van der Waals surface area contributed by atoms with Gasteiger partial charge in [-0.1, -0.05) is 0 Å². The SMILES string of the molecule is Ic1cnc(NCC2CCOC2)nc1. The van der Waals surface area contributed by atoms with Crippen LogP contribution in [0.15, 0.2) is 12.4 Å². The summed E-state index contributed by atoms with van der Waals surface area (Å²) in [5.41, 5.74) is 0. The second-order valence-corrected chi connectivity index (χ2v) is 4.58. The van der Waals surface area contributed by atoms with Crippen LogP contribution in [-0.2, 0) is 4.74 Å². The molecule has 0 saturated carbocycles. The normalized spacial score (nSPS) is 21.1. The number of halogens is 1. The first-order valence-corrected chi connectivity index (χ1v) is 5.71. The topological polar surface area (TPSA) is 47.0 Å². The molecule has 1 N–H and O–H groups in total. The number of nitrogens with zero attached hydrogens (tertiary/aromatic N) is 2. The van der Waals surface area contributed by atoms with Crippen molar-refractivity contribution < 1.29 is 4.74 Å². The van der Waals surface area contributed by atoms with Crippen molar-refractivity contribution in [3.8, 4) is 0 Å². The third-order valence-corrected chi connectivity index (χ3v) is 2.75. The molecule has 0 aliphatic carbocycles. The van der Waals surface area contributed by atoms with Crippen LogP contribution in [0, 0.1) is 9.49 Å². The van der Waals surface area contributed by atoms with E-state index in [1.54, 1.807) is 12.4 Å². The maximum absolute atomic E-state index is 5.28. The first-order valence-electron chi connectivity index (χ1n) is 4.64. The number of anilines is 1. The Balaban J connectivity index is 1.82. The Morgan fingerprint density at radius 1 is 1.50 bits per heavy atom. The van der Waals surface area contributed by atoms with E-state index in [1.165, 1.54) is 0 Å². The van der Waals surface area contributed by atoms with Gasteiger partial charge in [0, 0.05) is 35.0 Å². The molecule has 1 aromatic heterocycles. The van der Waals surface area contributed by atoms with Crippen LogP contribution in [0.5, 0.6) is 0 Å². The van der Waals surface area contributed by atoms with Crippen molar-refractivity contribution in [2.75, 3.05) is 25.1 Å². The molecule has 1 atom stereocenters. The lowest BCUT2D eigenvalue weighted by Crippen LogP contribution is -2.15. The molecule has 2 heterocycles. The molecule has 0 bridgehead atoms. The fourth-order valence-corrected chi connectivity index (χ4v) is 1.66. The lowest BCUT2D eigenvalue weighted by atomic mass is 10.1. The van der Waals surface area contributed by atoms with Crippen LogP contribution >= 0.6 is 22.6 Å². The molecular weight excluding hydrogens is 293 g/mol. The fourth-order valence-electron chi connectivity index (χ4n) is 1.38. The van der Waals surface area contributed by atoms with Gasteiger partial charge in [-0.2, -0.15) is 0 Å². The summed E-state index contributed by atoms with van der Waals surface area (Å²) in [4.78, 5) is 8.34. The van der Waals surface area contributed by atoms with Crippen LogP contribution in [0.3, 0.4) is 0 Å². The summed E-state index contributed by atoms with van der Waals surface area (Å²) >= 11 is 2.19. The minimum Gasteiger partial charge on any atom is -0.381 e. The van der Waals surface area contributed by atoms with Gasteiger partial charge >= 0.3 is 0 Å². The molecule has 0 radical (unpaired) electrons. The molecule has 1 aromatic rings. The summed E-state index contributed by atoms with van der Waals surface area (Å²) in [5.74, 6) is 1.31. The highest BCUT2D eigenvalue weighted by Gasteiger charge is 2.15. The second kappa shape index (κ2) is 4.88. The number of rotatable bonds is 3. The van der Waals surface area contributed by atoms with Crippen LogP contribution < -0.4 is 5.32 Å². The number of ether oxygens (including phenoxy) is 1. The highest BCUT2D eigenvalue weighted by atomic mass is 127. The molecule has 1 aliphatic rings. The highest BCUT2D eigenvalue weighted by molar-refractivity contribution is 14.1. The molecule has 14 heavy (non-hydrogen) atoms. The zero-order chi connectivity index (χ0) is 9.80. The maximum atomic E-state index is 5.28. The summed E-state index contributed by atoms with van der Waals surface area (Å²) < 4.78 is 6.34. The molecule has 0 aromatic carbocycles. The lowest BCUT2D eigenvalue weighted by Gasteiger charge is -2.08. The molecule has 1 unspecified atom stereocenters. The monoisotopic (exact) mass is 305 g/mol. The van der Waals surface area contributed by atoms with Gasteiger partial charge in [0.15, 0.2) is 0 Å². The molecule has 1 aliphatic heterocycles. The Morgan fingerprint density at radius 2 is 2.29 bits per heavy atom. The van der Waals surface area contributed by atoms with Crippen molar-refractivity contribution in [2.24, 2.45) is 5.92 Å². The zero-order valence-electron chi connectivity index (χ0n) is 7.74. The van der Waals surface area contributed by atoms with Crippen LogP contribution in [0.2, 0.25) is 0 Å². The van der Waals surface area contributed by atoms with Crippen molar-refractivity contribution in [2.45, 2.75) is 6.42 Å². The minimum atomic E-state index is 0.609. The van der Waals surface area contributed by atoms with Gasteiger partial charge in [-0.05, 0) is 29.0 Å². The Morgan fingerprint density at radius 3 is 2.93 bits per heavy atom. The Bertz CT molecular complexity index is 285. The summed E-state index contributed by atoms with van der Waals surface area (Å²) in [6.07, 6.45) is 4.75. The average molecular weight is 305 g/mol. The van der Waals surface area contributed by atoms with Crippen molar-refractivity contribution in [3.05, 3.63) is 16.0 Å². The van der Waals surface area contributed by atoms with E-state index in [0.717, 1.165) is 29.7 Å². The molecule has 0 spiro atoms. The number of hydrogen-bond acceptors (Lipinski definition) is 4. The largest absolute Gasteiger partial charge is 0.381 e. The zero-order valence-corrected chi connectivity index (χ0v) is 9.90. The predicted octanol–water partition coefficient (Wildman–Crippen LogP) is 1.53. The summed E-state index contributed by atoms with van der Waals surface area (Å²) in [5, 5.41) is 3.21. The van der Waals surface area contributed by atoms with Crippen LogP contribution in [0.4, 0.5) is 5.95 Å². The van der Waals surface area contributed by atoms with Crippen molar-refractivity contribution in [1.29, 1.82) is 0 Å². The summed E-state index contributed by atoms with van der Waals surface area (Å²) in [6.45, 7) is 2.65. The van der Waals surface area contributed by atoms with E-state index in [-0.39, 0.29) is 0 Å². The fraction of sp³-hybridized carbons (Fsp3) is 0.556. The first-order chi connectivity index (χ1) is 6.84. The van der Waals surface area contributed by atoms with Gasteiger partial charge in [0.25, 0.3) is 0 Å². The third-order valence-electron chi connectivity index (χ3n) is 2.19. The summed E-state index contributed by atoms with van der Waals surface area (Å²) in [7, 11) is 0. The lowest BCUT2D eigenvalue weighted by molar-refractivity contribution is 0.187. The highest BCUT2D eigenvalue weighted by Crippen LogP contribution is 2.12. The van der Waals surface area contributed by atoms with E-state index in [1.807, 2.05) is 0 Å². The van der Waals surface area contributed by atoms with Gasteiger partial charge < -0.3 is 10.1 Å². The van der Waals surface area contributed by atoms with Crippen LogP contribution in [0.25, 0.3) is 0 Å². The van der Waals surface area contributed by atoms with Gasteiger partial charge in [-0.15, -0.1) is 0 Å². The van der Waals surface area contributed by atoms with Gasteiger partial charge in [0.1, 0.15) is 0 Å². The molecule has 1 fully saturated rings. The van der Waals surface area contributed by atoms with Gasteiger partial charge in [0.2, 0.25) is 5.95 Å². The van der Waals surface area contributed by atoms with Crippen LogP contribution in [-0.4, -0.2) is 29.7 Å². The molecule has 4 nitrogen and oxygen atoms in total. The van der Waals surface area contributed by atoms with Gasteiger partial charge in [0.05, 0.1) is 6.61 Å². The molecule has 2 rings (SSSR count). The summed E-state index contributed by atoms with van der Waals surface area (Å²) in [6, 6.07) is 0. The Kier molecular flexibility index (Phi) is 3.52. The van der Waals surface area contributed by atoms with E-state index in [2.05, 4.69) is 37.9 Å². The molecule has 0 amide bonds. The van der Waals surface area contributed by atoms with Gasteiger partial charge in [-0.25, -0.2) is 9.97 Å². The minimum absolute atomic E-state index is 0.609.